The minimum Gasteiger partial charge on any atom is -0.323 e. The molecule has 0 amide bonds. The maximum atomic E-state index is 12.2. The summed E-state index contributed by atoms with van der Waals surface area (Å²) in [5.41, 5.74) is 6.50. The molecule has 0 saturated carbocycles. The highest BCUT2D eigenvalue weighted by atomic mass is 35.5. The van der Waals surface area contributed by atoms with Crippen molar-refractivity contribution in [2.75, 3.05) is 0 Å². The van der Waals surface area contributed by atoms with Gasteiger partial charge in [-0.1, -0.05) is 11.6 Å². The summed E-state index contributed by atoms with van der Waals surface area (Å²) in [5.74, 6) is 0. The number of alkyl halides is 2. The van der Waals surface area contributed by atoms with E-state index in [4.69, 9.17) is 17.3 Å². The Balaban J connectivity index is 2.86. The summed E-state index contributed by atoms with van der Waals surface area (Å²) >= 11 is 5.86. The third-order valence-corrected chi connectivity index (χ3v) is 2.51. The second-order valence-corrected chi connectivity index (χ2v) is 3.54. The standard InChI is InChI=1S/C8H12ClF2N3/c1-4-5(3-6(12)8(10)11)7(9)14(2)13-4/h6,8H,3,12H2,1-2H3. The van der Waals surface area contributed by atoms with Crippen LogP contribution in [-0.2, 0) is 13.5 Å². The third-order valence-electron chi connectivity index (χ3n) is 2.03. The van der Waals surface area contributed by atoms with Gasteiger partial charge in [0, 0.05) is 12.6 Å². The van der Waals surface area contributed by atoms with Crippen molar-refractivity contribution in [2.24, 2.45) is 12.8 Å². The Hall–Kier alpha value is -0.680. The van der Waals surface area contributed by atoms with Gasteiger partial charge in [-0.2, -0.15) is 5.10 Å². The number of aryl methyl sites for hydroxylation is 2. The molecule has 0 aliphatic rings. The van der Waals surface area contributed by atoms with E-state index < -0.39 is 12.5 Å². The average molecular weight is 224 g/mol. The van der Waals surface area contributed by atoms with E-state index in [1.807, 2.05) is 0 Å². The Morgan fingerprint density at radius 2 is 2.14 bits per heavy atom. The highest BCUT2D eigenvalue weighted by Crippen LogP contribution is 2.21. The number of hydrogen-bond donors (Lipinski definition) is 1. The fourth-order valence-corrected chi connectivity index (χ4v) is 1.48. The van der Waals surface area contributed by atoms with Gasteiger partial charge in [0.1, 0.15) is 5.15 Å². The zero-order valence-corrected chi connectivity index (χ0v) is 8.72. The molecular formula is C8H12ClF2N3. The first kappa shape index (κ1) is 11.4. The number of rotatable bonds is 3. The first-order valence-electron chi connectivity index (χ1n) is 4.15. The summed E-state index contributed by atoms with van der Waals surface area (Å²) in [6.07, 6.45) is -2.48. The molecule has 0 aliphatic heterocycles. The van der Waals surface area contributed by atoms with E-state index >= 15 is 0 Å². The van der Waals surface area contributed by atoms with Gasteiger partial charge in [0.2, 0.25) is 0 Å². The molecule has 1 heterocycles. The zero-order chi connectivity index (χ0) is 10.9. The van der Waals surface area contributed by atoms with E-state index in [9.17, 15) is 8.78 Å². The maximum Gasteiger partial charge on any atom is 0.253 e. The van der Waals surface area contributed by atoms with Gasteiger partial charge in [0.25, 0.3) is 6.43 Å². The molecule has 1 atom stereocenters. The predicted molar refractivity (Wildman–Crippen MR) is 50.6 cm³/mol. The van der Waals surface area contributed by atoms with Crippen LogP contribution in [0.5, 0.6) is 0 Å². The van der Waals surface area contributed by atoms with E-state index in [0.29, 0.717) is 16.4 Å². The molecule has 1 aromatic heterocycles. The SMILES string of the molecule is Cc1nn(C)c(Cl)c1CC(N)C(F)F. The van der Waals surface area contributed by atoms with E-state index in [0.717, 1.165) is 0 Å². The molecule has 0 aromatic carbocycles. The summed E-state index contributed by atoms with van der Waals surface area (Å²) in [6, 6.07) is -1.18. The Morgan fingerprint density at radius 3 is 2.50 bits per heavy atom. The van der Waals surface area contributed by atoms with Gasteiger partial charge in [0.15, 0.2) is 0 Å². The van der Waals surface area contributed by atoms with Gasteiger partial charge in [-0.25, -0.2) is 8.78 Å². The summed E-state index contributed by atoms with van der Waals surface area (Å²) in [4.78, 5) is 0. The summed E-state index contributed by atoms with van der Waals surface area (Å²) < 4.78 is 25.8. The minimum atomic E-state index is -2.54. The van der Waals surface area contributed by atoms with Crippen molar-refractivity contribution < 1.29 is 8.78 Å². The highest BCUT2D eigenvalue weighted by Gasteiger charge is 2.20. The number of nitrogens with zero attached hydrogens (tertiary/aromatic N) is 2. The lowest BCUT2D eigenvalue weighted by molar-refractivity contribution is 0.116. The summed E-state index contributed by atoms with van der Waals surface area (Å²) in [7, 11) is 1.66. The van der Waals surface area contributed by atoms with E-state index in [2.05, 4.69) is 5.10 Å². The minimum absolute atomic E-state index is 0.0518. The van der Waals surface area contributed by atoms with Gasteiger partial charge in [-0.05, 0) is 13.3 Å². The van der Waals surface area contributed by atoms with E-state index in [-0.39, 0.29) is 6.42 Å². The van der Waals surface area contributed by atoms with Crippen molar-refractivity contribution in [3.05, 3.63) is 16.4 Å². The van der Waals surface area contributed by atoms with Crippen molar-refractivity contribution in [3.63, 3.8) is 0 Å². The number of nitrogens with two attached hydrogens (primary N) is 1. The maximum absolute atomic E-state index is 12.2. The largest absolute Gasteiger partial charge is 0.323 e. The van der Waals surface area contributed by atoms with Crippen LogP contribution in [0.4, 0.5) is 8.78 Å². The molecule has 0 radical (unpaired) electrons. The molecule has 2 N–H and O–H groups in total. The monoisotopic (exact) mass is 223 g/mol. The van der Waals surface area contributed by atoms with Crippen molar-refractivity contribution in [2.45, 2.75) is 25.8 Å². The summed E-state index contributed by atoms with van der Waals surface area (Å²) in [5, 5.41) is 4.38. The van der Waals surface area contributed by atoms with Crippen LogP contribution in [0.15, 0.2) is 0 Å². The van der Waals surface area contributed by atoms with E-state index in [1.54, 1.807) is 14.0 Å². The summed E-state index contributed by atoms with van der Waals surface area (Å²) in [6.45, 7) is 1.72. The van der Waals surface area contributed by atoms with Gasteiger partial charge < -0.3 is 5.73 Å². The van der Waals surface area contributed by atoms with Crippen LogP contribution in [0.25, 0.3) is 0 Å². The third kappa shape index (κ3) is 2.22. The van der Waals surface area contributed by atoms with Crippen LogP contribution in [0.2, 0.25) is 5.15 Å². The Morgan fingerprint density at radius 1 is 1.57 bits per heavy atom. The first-order valence-corrected chi connectivity index (χ1v) is 4.53. The number of halogens is 3. The molecular weight excluding hydrogens is 212 g/mol. The molecule has 3 nitrogen and oxygen atoms in total. The molecule has 0 fully saturated rings. The Kier molecular flexibility index (Phi) is 3.44. The molecule has 0 aliphatic carbocycles. The molecule has 14 heavy (non-hydrogen) atoms. The van der Waals surface area contributed by atoms with Gasteiger partial charge in [-0.3, -0.25) is 4.68 Å². The topological polar surface area (TPSA) is 43.8 Å². The van der Waals surface area contributed by atoms with E-state index in [1.165, 1.54) is 4.68 Å². The van der Waals surface area contributed by atoms with Crippen LogP contribution in [0.3, 0.4) is 0 Å². The number of hydrogen-bond acceptors (Lipinski definition) is 2. The van der Waals surface area contributed by atoms with Crippen LogP contribution in [0.1, 0.15) is 11.3 Å². The molecule has 80 valence electrons. The van der Waals surface area contributed by atoms with Crippen LogP contribution >= 0.6 is 11.6 Å². The quantitative estimate of drug-likeness (QED) is 0.845. The molecule has 0 bridgehead atoms. The zero-order valence-electron chi connectivity index (χ0n) is 7.97. The smallest absolute Gasteiger partial charge is 0.253 e. The fourth-order valence-electron chi connectivity index (χ4n) is 1.23. The molecule has 6 heteroatoms. The second kappa shape index (κ2) is 4.23. The van der Waals surface area contributed by atoms with Crippen molar-refractivity contribution in [1.82, 2.24) is 9.78 Å². The van der Waals surface area contributed by atoms with Crippen LogP contribution in [-0.4, -0.2) is 22.2 Å². The van der Waals surface area contributed by atoms with Crippen LogP contribution in [0, 0.1) is 6.92 Å². The second-order valence-electron chi connectivity index (χ2n) is 3.18. The molecule has 1 unspecified atom stereocenters. The average Bonchev–Trinajstić information content (AvgIpc) is 2.32. The lowest BCUT2D eigenvalue weighted by Crippen LogP contribution is -2.31. The molecule has 1 rings (SSSR count). The molecule has 1 aromatic rings. The van der Waals surface area contributed by atoms with Gasteiger partial charge >= 0.3 is 0 Å². The molecule has 0 saturated heterocycles. The van der Waals surface area contributed by atoms with Gasteiger partial charge in [0.05, 0.1) is 11.7 Å². The fraction of sp³-hybridized carbons (Fsp3) is 0.625. The highest BCUT2D eigenvalue weighted by molar-refractivity contribution is 6.30. The first-order chi connectivity index (χ1) is 6.43. The Bertz CT molecular complexity index is 325. The lowest BCUT2D eigenvalue weighted by atomic mass is 10.1. The van der Waals surface area contributed by atoms with Crippen molar-refractivity contribution >= 4 is 11.6 Å². The van der Waals surface area contributed by atoms with Gasteiger partial charge in [-0.15, -0.1) is 0 Å². The predicted octanol–water partition coefficient (Wildman–Crippen LogP) is 1.52. The van der Waals surface area contributed by atoms with Crippen LogP contribution < -0.4 is 5.73 Å². The normalized spacial score (nSPS) is 13.6. The van der Waals surface area contributed by atoms with Crippen molar-refractivity contribution in [3.8, 4) is 0 Å². The number of aromatic nitrogens is 2. The lowest BCUT2D eigenvalue weighted by Gasteiger charge is -2.09. The molecule has 0 spiro atoms. The van der Waals surface area contributed by atoms with Crippen molar-refractivity contribution in [1.29, 1.82) is 0 Å². The Labute approximate surface area is 85.8 Å².